The van der Waals surface area contributed by atoms with E-state index in [9.17, 15) is 9.90 Å². The van der Waals surface area contributed by atoms with Crippen molar-refractivity contribution >= 4 is 5.97 Å². The van der Waals surface area contributed by atoms with Gasteiger partial charge in [-0.25, -0.2) is 4.79 Å². The number of phenols is 1. The maximum Gasteiger partial charge on any atom is 0.400 e. The molecule has 2 aromatic rings. The van der Waals surface area contributed by atoms with Gasteiger partial charge < -0.3 is 19.4 Å². The predicted molar refractivity (Wildman–Crippen MR) is 51.6 cm³/mol. The zero-order valence-corrected chi connectivity index (χ0v) is 7.95. The van der Waals surface area contributed by atoms with E-state index < -0.39 is 5.97 Å². The van der Waals surface area contributed by atoms with E-state index >= 15 is 0 Å². The number of benzene rings is 1. The molecule has 0 saturated heterocycles. The molecule has 16 heavy (non-hydrogen) atoms. The number of nitrogens with zero attached hydrogens (tertiary/aromatic N) is 1. The number of aromatic nitrogens is 1. The van der Waals surface area contributed by atoms with Crippen LogP contribution < -0.4 is 4.74 Å². The zero-order valence-electron chi connectivity index (χ0n) is 7.95. The van der Waals surface area contributed by atoms with Crippen LogP contribution in [0.3, 0.4) is 0 Å². The molecule has 0 bridgehead atoms. The Bertz CT molecular complexity index is 519. The minimum Gasteiger partial charge on any atom is -0.504 e. The molecule has 82 valence electrons. The number of oxazole rings is 1. The van der Waals surface area contributed by atoms with E-state index in [-0.39, 0.29) is 23.3 Å². The topological polar surface area (TPSA) is 92.8 Å². The van der Waals surface area contributed by atoms with Gasteiger partial charge in [-0.05, 0) is 12.1 Å². The summed E-state index contributed by atoms with van der Waals surface area (Å²) in [5, 5.41) is 18.0. The van der Waals surface area contributed by atoms with Crippen LogP contribution in [0.5, 0.6) is 17.6 Å². The number of aromatic carboxylic acids is 1. The normalized spacial score (nSPS) is 10.0. The Morgan fingerprint density at radius 3 is 2.75 bits per heavy atom. The third-order valence-electron chi connectivity index (χ3n) is 1.76. The summed E-state index contributed by atoms with van der Waals surface area (Å²) in [7, 11) is 0. The van der Waals surface area contributed by atoms with E-state index in [0.717, 1.165) is 6.26 Å². The lowest BCUT2D eigenvalue weighted by Gasteiger charge is -2.01. The lowest BCUT2D eigenvalue weighted by atomic mass is 10.3. The molecule has 6 heteroatoms. The van der Waals surface area contributed by atoms with Crippen molar-refractivity contribution in [1.29, 1.82) is 0 Å². The standard InChI is InChI=1S/C10H7NO5/c12-7-3-1-2-4-8(7)16-10-11-6(5-15-10)9(13)14/h1-5,12H,(H,13,14). The van der Waals surface area contributed by atoms with Crippen molar-refractivity contribution in [3.8, 4) is 17.6 Å². The average molecular weight is 221 g/mol. The van der Waals surface area contributed by atoms with E-state index in [4.69, 9.17) is 14.3 Å². The largest absolute Gasteiger partial charge is 0.504 e. The molecule has 0 atom stereocenters. The molecular weight excluding hydrogens is 214 g/mol. The molecule has 0 spiro atoms. The molecule has 1 heterocycles. The third-order valence-corrected chi connectivity index (χ3v) is 1.76. The molecule has 1 aromatic carbocycles. The Labute approximate surface area is 89.7 Å². The summed E-state index contributed by atoms with van der Waals surface area (Å²) in [5.41, 5.74) is -0.259. The fourth-order valence-electron chi connectivity index (χ4n) is 1.04. The van der Waals surface area contributed by atoms with Gasteiger partial charge in [-0.15, -0.1) is 0 Å². The van der Waals surface area contributed by atoms with Crippen LogP contribution in [0.1, 0.15) is 10.5 Å². The van der Waals surface area contributed by atoms with Gasteiger partial charge in [0.25, 0.3) is 0 Å². The van der Waals surface area contributed by atoms with E-state index in [1.54, 1.807) is 12.1 Å². The quantitative estimate of drug-likeness (QED) is 0.821. The maximum absolute atomic E-state index is 10.5. The number of carbonyl (C=O) groups is 1. The first-order valence-electron chi connectivity index (χ1n) is 4.31. The fourth-order valence-corrected chi connectivity index (χ4v) is 1.04. The number of hydrogen-bond donors (Lipinski definition) is 2. The molecule has 0 radical (unpaired) electrons. The molecule has 0 unspecified atom stereocenters. The number of carboxylic acids is 1. The molecule has 2 N–H and O–H groups in total. The third kappa shape index (κ3) is 1.95. The number of ether oxygens (including phenoxy) is 1. The molecule has 0 saturated carbocycles. The highest BCUT2D eigenvalue weighted by molar-refractivity contribution is 5.84. The zero-order chi connectivity index (χ0) is 11.5. The van der Waals surface area contributed by atoms with Crippen LogP contribution >= 0.6 is 0 Å². The first-order chi connectivity index (χ1) is 7.66. The summed E-state index contributed by atoms with van der Waals surface area (Å²) in [6, 6.07) is 6.20. The van der Waals surface area contributed by atoms with Crippen LogP contribution in [-0.2, 0) is 0 Å². The SMILES string of the molecule is O=C(O)c1coc(Oc2ccccc2O)n1. The van der Waals surface area contributed by atoms with E-state index in [2.05, 4.69) is 4.98 Å². The Balaban J connectivity index is 2.21. The van der Waals surface area contributed by atoms with Gasteiger partial charge in [0, 0.05) is 0 Å². The van der Waals surface area contributed by atoms with Crippen LogP contribution in [0.15, 0.2) is 34.9 Å². The smallest absolute Gasteiger partial charge is 0.400 e. The van der Waals surface area contributed by atoms with E-state index in [1.807, 2.05) is 0 Å². The lowest BCUT2D eigenvalue weighted by molar-refractivity contribution is 0.0690. The van der Waals surface area contributed by atoms with Crippen LogP contribution in [0, 0.1) is 0 Å². The van der Waals surface area contributed by atoms with E-state index in [1.165, 1.54) is 12.1 Å². The minimum absolute atomic E-state index is 0.0856. The molecule has 0 aliphatic carbocycles. The number of phenolic OH excluding ortho intramolecular Hbond substituents is 1. The summed E-state index contributed by atoms with van der Waals surface area (Å²) in [4.78, 5) is 14.1. The Morgan fingerprint density at radius 1 is 1.38 bits per heavy atom. The van der Waals surface area contributed by atoms with Crippen molar-refractivity contribution in [3.05, 3.63) is 36.2 Å². The van der Waals surface area contributed by atoms with Gasteiger partial charge in [0.15, 0.2) is 17.2 Å². The van der Waals surface area contributed by atoms with Crippen molar-refractivity contribution < 1.29 is 24.2 Å². The molecule has 0 aliphatic rings. The summed E-state index contributed by atoms with van der Waals surface area (Å²) < 4.78 is 9.81. The second kappa shape index (κ2) is 3.93. The molecule has 2 rings (SSSR count). The van der Waals surface area contributed by atoms with Crippen molar-refractivity contribution in [3.63, 3.8) is 0 Å². The van der Waals surface area contributed by atoms with Gasteiger partial charge in [-0.3, -0.25) is 0 Å². The number of para-hydroxylation sites is 2. The van der Waals surface area contributed by atoms with E-state index in [0.29, 0.717) is 0 Å². The van der Waals surface area contributed by atoms with Crippen molar-refractivity contribution in [1.82, 2.24) is 4.98 Å². The molecule has 0 amide bonds. The van der Waals surface area contributed by atoms with Gasteiger partial charge in [-0.2, -0.15) is 4.98 Å². The highest BCUT2D eigenvalue weighted by atomic mass is 16.6. The van der Waals surface area contributed by atoms with Crippen LogP contribution in [-0.4, -0.2) is 21.2 Å². The molecule has 0 aliphatic heterocycles. The van der Waals surface area contributed by atoms with Crippen molar-refractivity contribution in [2.45, 2.75) is 0 Å². The molecule has 1 aromatic heterocycles. The summed E-state index contributed by atoms with van der Waals surface area (Å²) in [6.07, 6.45) is 0.719. The van der Waals surface area contributed by atoms with Crippen LogP contribution in [0.4, 0.5) is 0 Å². The van der Waals surface area contributed by atoms with Gasteiger partial charge in [0.2, 0.25) is 0 Å². The number of rotatable bonds is 3. The van der Waals surface area contributed by atoms with Crippen LogP contribution in [0.25, 0.3) is 0 Å². The second-order valence-corrected chi connectivity index (χ2v) is 2.87. The average Bonchev–Trinajstić information content (AvgIpc) is 2.70. The highest BCUT2D eigenvalue weighted by Gasteiger charge is 2.13. The van der Waals surface area contributed by atoms with Gasteiger partial charge in [-0.1, -0.05) is 12.1 Å². The molecule has 0 fully saturated rings. The summed E-state index contributed by atoms with van der Waals surface area (Å²) in [6.45, 7) is 0. The summed E-state index contributed by atoms with van der Waals surface area (Å²) in [5.74, 6) is -1.16. The second-order valence-electron chi connectivity index (χ2n) is 2.87. The monoisotopic (exact) mass is 221 g/mol. The van der Waals surface area contributed by atoms with Gasteiger partial charge in [0.1, 0.15) is 6.26 Å². The fraction of sp³-hybridized carbons (Fsp3) is 0. The van der Waals surface area contributed by atoms with Crippen molar-refractivity contribution in [2.75, 3.05) is 0 Å². The number of aromatic hydroxyl groups is 1. The maximum atomic E-state index is 10.5. The van der Waals surface area contributed by atoms with Gasteiger partial charge >= 0.3 is 12.0 Å². The Hall–Kier alpha value is -2.50. The Morgan fingerprint density at radius 2 is 2.12 bits per heavy atom. The highest BCUT2D eigenvalue weighted by Crippen LogP contribution is 2.29. The number of hydrogen-bond acceptors (Lipinski definition) is 5. The summed E-state index contributed by atoms with van der Waals surface area (Å²) >= 11 is 0. The lowest BCUT2D eigenvalue weighted by Crippen LogP contribution is -1.95. The van der Waals surface area contributed by atoms with Crippen LogP contribution in [0.2, 0.25) is 0 Å². The number of carboxylic acid groups (broad SMARTS) is 1. The first kappa shape index (κ1) is 10.0. The molecular formula is C10H7NO5. The predicted octanol–water partition coefficient (Wildman–Crippen LogP) is 1.87. The van der Waals surface area contributed by atoms with Crippen molar-refractivity contribution in [2.24, 2.45) is 0 Å². The minimum atomic E-state index is -1.21. The first-order valence-corrected chi connectivity index (χ1v) is 4.31. The van der Waals surface area contributed by atoms with Gasteiger partial charge in [0.05, 0.1) is 0 Å². The molecule has 6 nitrogen and oxygen atoms in total. The Kier molecular flexibility index (Phi) is 2.47.